The number of nitrogens with one attached hydrogen (secondary N) is 1. The summed E-state index contributed by atoms with van der Waals surface area (Å²) in [5.74, 6) is 0.0858. The second-order valence-electron chi connectivity index (χ2n) is 6.37. The minimum absolute atomic E-state index is 0.0710. The zero-order valence-corrected chi connectivity index (χ0v) is 13.9. The Hall–Kier alpha value is -1.75. The largest absolute Gasteiger partial charge is 0.445 e. The van der Waals surface area contributed by atoms with Crippen LogP contribution in [0.4, 0.5) is 10.5 Å². The van der Waals surface area contributed by atoms with Crippen molar-refractivity contribution in [1.29, 1.82) is 0 Å². The highest BCUT2D eigenvalue weighted by atomic mass is 35.5. The van der Waals surface area contributed by atoms with Gasteiger partial charge in [0.25, 0.3) is 0 Å². The number of nitrogens with zero attached hydrogens (tertiary/aromatic N) is 1. The third-order valence-electron chi connectivity index (χ3n) is 3.24. The van der Waals surface area contributed by atoms with Gasteiger partial charge < -0.3 is 15.0 Å². The van der Waals surface area contributed by atoms with Gasteiger partial charge >= 0.3 is 6.09 Å². The van der Waals surface area contributed by atoms with Gasteiger partial charge in [-0.15, -0.1) is 0 Å². The molecule has 0 saturated carbocycles. The lowest BCUT2D eigenvalue weighted by Crippen LogP contribution is -2.40. The number of hydrogen-bond acceptors (Lipinski definition) is 3. The first-order valence-electron chi connectivity index (χ1n) is 7.30. The van der Waals surface area contributed by atoms with E-state index >= 15 is 0 Å². The minimum Gasteiger partial charge on any atom is -0.445 e. The molecule has 0 radical (unpaired) electrons. The topological polar surface area (TPSA) is 58.6 Å². The Morgan fingerprint density at radius 3 is 2.73 bits per heavy atom. The first-order chi connectivity index (χ1) is 10.3. The maximum absolute atomic E-state index is 11.9. The van der Waals surface area contributed by atoms with Crippen LogP contribution in [-0.2, 0) is 16.1 Å². The maximum atomic E-state index is 11.9. The van der Waals surface area contributed by atoms with Crippen molar-refractivity contribution in [2.24, 2.45) is 0 Å². The predicted octanol–water partition coefficient (Wildman–Crippen LogP) is 3.49. The number of carbonyl (C=O) groups excluding carboxylic acids is 2. The van der Waals surface area contributed by atoms with Crippen LogP contribution in [0.5, 0.6) is 0 Å². The van der Waals surface area contributed by atoms with Gasteiger partial charge in [0.05, 0.1) is 5.69 Å². The number of carbonyl (C=O) groups is 2. The molecule has 1 aromatic carbocycles. The summed E-state index contributed by atoms with van der Waals surface area (Å²) in [5.41, 5.74) is 1.13. The van der Waals surface area contributed by atoms with Crippen molar-refractivity contribution in [2.45, 2.75) is 45.8 Å². The van der Waals surface area contributed by atoms with Gasteiger partial charge in [-0.3, -0.25) is 4.79 Å². The summed E-state index contributed by atoms with van der Waals surface area (Å²) in [6, 6.07) is 5.26. The van der Waals surface area contributed by atoms with E-state index in [-0.39, 0.29) is 18.1 Å². The average molecular weight is 325 g/mol. The Bertz CT molecular complexity index is 581. The van der Waals surface area contributed by atoms with Crippen LogP contribution in [0.1, 0.15) is 39.2 Å². The van der Waals surface area contributed by atoms with Crippen molar-refractivity contribution in [3.8, 4) is 0 Å². The fourth-order valence-electron chi connectivity index (χ4n) is 2.32. The summed E-state index contributed by atoms with van der Waals surface area (Å²) >= 11 is 6.02. The van der Waals surface area contributed by atoms with Crippen LogP contribution >= 0.6 is 11.6 Å². The fourth-order valence-corrected chi connectivity index (χ4v) is 2.52. The quantitative estimate of drug-likeness (QED) is 0.925. The first-order valence-corrected chi connectivity index (χ1v) is 7.68. The van der Waals surface area contributed by atoms with Crippen molar-refractivity contribution in [3.63, 3.8) is 0 Å². The minimum atomic E-state index is -0.494. The second kappa shape index (κ2) is 6.57. The highest BCUT2D eigenvalue weighted by molar-refractivity contribution is 6.30. The molecule has 1 aliphatic rings. The lowest BCUT2D eigenvalue weighted by molar-refractivity contribution is -0.117. The third-order valence-corrected chi connectivity index (χ3v) is 3.48. The number of halogens is 1. The zero-order valence-electron chi connectivity index (χ0n) is 13.1. The first kappa shape index (κ1) is 16.6. The van der Waals surface area contributed by atoms with Crippen molar-refractivity contribution in [1.82, 2.24) is 5.32 Å². The van der Waals surface area contributed by atoms with Crippen LogP contribution in [-0.4, -0.2) is 24.1 Å². The van der Waals surface area contributed by atoms with E-state index in [1.807, 2.05) is 20.8 Å². The van der Waals surface area contributed by atoms with E-state index in [0.29, 0.717) is 18.0 Å². The van der Waals surface area contributed by atoms with Gasteiger partial charge in [-0.2, -0.15) is 0 Å². The fraction of sp³-hybridized carbons (Fsp3) is 0.500. The lowest BCUT2D eigenvalue weighted by atomic mass is 10.1. The Labute approximate surface area is 135 Å². The summed E-state index contributed by atoms with van der Waals surface area (Å²) in [4.78, 5) is 25.4. The number of hydrogen-bond donors (Lipinski definition) is 1. The smallest absolute Gasteiger partial charge is 0.407 e. The van der Waals surface area contributed by atoms with E-state index in [1.165, 1.54) is 0 Å². The standard InChI is InChI=1S/C16H21ClN2O3/c1-16(2,3)18-15(21)22-10-11-9-12(17)6-7-13(11)19-8-4-5-14(19)20/h6-7,9H,4-5,8,10H2,1-3H3,(H,18,21). The molecule has 0 aromatic heterocycles. The van der Waals surface area contributed by atoms with Crippen LogP contribution in [0.25, 0.3) is 0 Å². The van der Waals surface area contributed by atoms with Gasteiger partial charge in [-0.1, -0.05) is 11.6 Å². The van der Waals surface area contributed by atoms with Crippen LogP contribution in [0.3, 0.4) is 0 Å². The highest BCUT2D eigenvalue weighted by Gasteiger charge is 2.24. The number of amides is 2. The lowest BCUT2D eigenvalue weighted by Gasteiger charge is -2.22. The summed E-state index contributed by atoms with van der Waals surface area (Å²) < 4.78 is 5.25. The number of alkyl carbamates (subject to hydrolysis) is 1. The summed E-state index contributed by atoms with van der Waals surface area (Å²) in [7, 11) is 0. The third kappa shape index (κ3) is 4.37. The molecular formula is C16H21ClN2O3. The van der Waals surface area contributed by atoms with Gasteiger partial charge in [0.2, 0.25) is 5.91 Å². The zero-order chi connectivity index (χ0) is 16.3. The summed E-state index contributed by atoms with van der Waals surface area (Å²) in [5, 5.41) is 3.27. The molecule has 1 fully saturated rings. The van der Waals surface area contributed by atoms with E-state index in [1.54, 1.807) is 23.1 Å². The van der Waals surface area contributed by atoms with Gasteiger partial charge in [-0.05, 0) is 45.4 Å². The average Bonchev–Trinajstić information content (AvgIpc) is 2.81. The van der Waals surface area contributed by atoms with Crippen molar-refractivity contribution < 1.29 is 14.3 Å². The highest BCUT2D eigenvalue weighted by Crippen LogP contribution is 2.28. The molecule has 0 atom stereocenters. The number of anilines is 1. The Morgan fingerprint density at radius 2 is 2.14 bits per heavy atom. The molecule has 0 spiro atoms. The van der Waals surface area contributed by atoms with E-state index in [0.717, 1.165) is 17.7 Å². The molecule has 5 nitrogen and oxygen atoms in total. The van der Waals surface area contributed by atoms with E-state index < -0.39 is 6.09 Å². The Balaban J connectivity index is 2.11. The van der Waals surface area contributed by atoms with Crippen LogP contribution in [0.2, 0.25) is 5.02 Å². The van der Waals surface area contributed by atoms with Gasteiger partial charge in [-0.25, -0.2) is 4.79 Å². The summed E-state index contributed by atoms with van der Waals surface area (Å²) in [6.07, 6.45) is 0.894. The monoisotopic (exact) mass is 324 g/mol. The molecule has 0 unspecified atom stereocenters. The molecule has 1 aromatic rings. The molecule has 2 amide bonds. The molecule has 0 aliphatic carbocycles. The molecule has 6 heteroatoms. The van der Waals surface area contributed by atoms with Gasteiger partial charge in [0, 0.05) is 29.1 Å². The molecule has 120 valence electrons. The van der Waals surface area contributed by atoms with Crippen LogP contribution in [0.15, 0.2) is 18.2 Å². The predicted molar refractivity (Wildman–Crippen MR) is 86.1 cm³/mol. The maximum Gasteiger partial charge on any atom is 0.407 e. The molecule has 22 heavy (non-hydrogen) atoms. The molecule has 2 rings (SSSR count). The molecule has 1 N–H and O–H groups in total. The molecule has 1 aliphatic heterocycles. The Kier molecular flexibility index (Phi) is 4.96. The molecule has 1 saturated heterocycles. The van der Waals surface area contributed by atoms with Crippen molar-refractivity contribution in [2.75, 3.05) is 11.4 Å². The molecule has 0 bridgehead atoms. The van der Waals surface area contributed by atoms with Crippen molar-refractivity contribution >= 4 is 29.3 Å². The number of rotatable bonds is 3. The van der Waals surface area contributed by atoms with Crippen LogP contribution < -0.4 is 10.2 Å². The van der Waals surface area contributed by atoms with Crippen LogP contribution in [0, 0.1) is 0 Å². The number of ether oxygens (including phenoxy) is 1. The molecular weight excluding hydrogens is 304 g/mol. The SMILES string of the molecule is CC(C)(C)NC(=O)OCc1cc(Cl)ccc1N1CCCC1=O. The molecule has 1 heterocycles. The van der Waals surface area contributed by atoms with E-state index in [4.69, 9.17) is 16.3 Å². The summed E-state index contributed by atoms with van der Waals surface area (Å²) in [6.45, 7) is 6.38. The van der Waals surface area contributed by atoms with Crippen molar-refractivity contribution in [3.05, 3.63) is 28.8 Å². The van der Waals surface area contributed by atoms with E-state index in [2.05, 4.69) is 5.32 Å². The Morgan fingerprint density at radius 1 is 1.41 bits per heavy atom. The van der Waals surface area contributed by atoms with Gasteiger partial charge in [0.1, 0.15) is 6.61 Å². The number of benzene rings is 1. The van der Waals surface area contributed by atoms with E-state index in [9.17, 15) is 9.59 Å². The van der Waals surface area contributed by atoms with Gasteiger partial charge in [0.15, 0.2) is 0 Å². The normalized spacial score (nSPS) is 15.1. The second-order valence-corrected chi connectivity index (χ2v) is 6.81.